The topological polar surface area (TPSA) is 29.5 Å². The van der Waals surface area contributed by atoms with Crippen molar-refractivity contribution in [1.82, 2.24) is 4.90 Å². The highest BCUT2D eigenvalue weighted by Crippen LogP contribution is 2.29. The van der Waals surface area contributed by atoms with Crippen LogP contribution >= 0.6 is 0 Å². The van der Waals surface area contributed by atoms with Crippen LogP contribution in [0.25, 0.3) is 10.8 Å². The summed E-state index contributed by atoms with van der Waals surface area (Å²) in [5.41, 5.74) is 6.26. The molecule has 1 amide bonds. The van der Waals surface area contributed by atoms with Crippen molar-refractivity contribution in [2.24, 2.45) is 0 Å². The van der Waals surface area contributed by atoms with E-state index in [0.717, 1.165) is 31.2 Å². The number of benzene rings is 4. The van der Waals surface area contributed by atoms with E-state index in [1.165, 1.54) is 33.0 Å². The van der Waals surface area contributed by atoms with Crippen molar-refractivity contribution >= 4 is 16.9 Å². The smallest absolute Gasteiger partial charge is 0.410 e. The fraction of sp³-hybridized carbons (Fsp3) is 0.303. The van der Waals surface area contributed by atoms with Gasteiger partial charge < -0.3 is 9.64 Å². The van der Waals surface area contributed by atoms with E-state index in [0.29, 0.717) is 13.2 Å². The maximum Gasteiger partial charge on any atom is 0.410 e. The molecule has 0 fully saturated rings. The van der Waals surface area contributed by atoms with Gasteiger partial charge in [0, 0.05) is 6.54 Å². The first-order chi connectivity index (χ1) is 17.5. The molecule has 0 bridgehead atoms. The third-order valence-electron chi connectivity index (χ3n) is 6.84. The number of hydrogen-bond donors (Lipinski definition) is 0. The molecule has 0 saturated carbocycles. The summed E-state index contributed by atoms with van der Waals surface area (Å²) in [5, 5.41) is 2.37. The number of amides is 1. The van der Waals surface area contributed by atoms with Crippen molar-refractivity contribution in [2.45, 2.75) is 52.5 Å². The second-order valence-electron chi connectivity index (χ2n) is 9.74. The second-order valence-corrected chi connectivity index (χ2v) is 9.74. The molecule has 0 radical (unpaired) electrons. The Morgan fingerprint density at radius 2 is 1.39 bits per heavy atom. The average molecular weight is 480 g/mol. The maximum absolute atomic E-state index is 13.4. The maximum atomic E-state index is 13.4. The van der Waals surface area contributed by atoms with Crippen LogP contribution < -0.4 is 0 Å². The Kier molecular flexibility index (Phi) is 8.78. The number of carbonyl (C=O) groups is 1. The van der Waals surface area contributed by atoms with E-state index in [2.05, 4.69) is 112 Å². The van der Waals surface area contributed by atoms with Crippen LogP contribution in [-0.4, -0.2) is 24.1 Å². The molecule has 0 N–H and O–H groups in total. The Labute approximate surface area is 215 Å². The predicted octanol–water partition coefficient (Wildman–Crippen LogP) is 8.22. The van der Waals surface area contributed by atoms with Crippen LogP contribution in [0, 0.1) is 13.8 Å². The molecule has 4 rings (SSSR count). The summed E-state index contributed by atoms with van der Waals surface area (Å²) in [5.74, 6) is 0. The quantitative estimate of drug-likeness (QED) is 0.214. The molecule has 0 aliphatic rings. The minimum absolute atomic E-state index is 0.0853. The first-order valence-electron chi connectivity index (χ1n) is 13.0. The fourth-order valence-electron chi connectivity index (χ4n) is 4.93. The van der Waals surface area contributed by atoms with Crippen LogP contribution in [0.15, 0.2) is 91.0 Å². The molecule has 0 unspecified atom stereocenters. The Balaban J connectivity index is 1.44. The molecule has 186 valence electrons. The molecule has 3 heteroatoms. The van der Waals surface area contributed by atoms with Gasteiger partial charge in [-0.25, -0.2) is 4.79 Å². The van der Waals surface area contributed by atoms with E-state index in [-0.39, 0.29) is 12.1 Å². The molecule has 0 saturated heterocycles. The van der Waals surface area contributed by atoms with Gasteiger partial charge in [-0.2, -0.15) is 0 Å². The van der Waals surface area contributed by atoms with Gasteiger partial charge in [-0.3, -0.25) is 0 Å². The van der Waals surface area contributed by atoms with Crippen molar-refractivity contribution in [3.05, 3.63) is 119 Å². The zero-order chi connectivity index (χ0) is 25.3. The van der Waals surface area contributed by atoms with Crippen molar-refractivity contribution in [2.75, 3.05) is 13.2 Å². The lowest BCUT2D eigenvalue weighted by atomic mass is 9.98. The largest absolute Gasteiger partial charge is 0.449 e. The highest BCUT2D eigenvalue weighted by molar-refractivity contribution is 5.86. The lowest BCUT2D eigenvalue weighted by Gasteiger charge is -2.30. The van der Waals surface area contributed by atoms with E-state index in [1.807, 2.05) is 4.90 Å². The lowest BCUT2D eigenvalue weighted by Crippen LogP contribution is -2.35. The molecule has 36 heavy (non-hydrogen) atoms. The summed E-state index contributed by atoms with van der Waals surface area (Å²) in [7, 11) is 0. The highest BCUT2D eigenvalue weighted by atomic mass is 16.6. The first kappa shape index (κ1) is 25.5. The molecule has 0 aliphatic heterocycles. The van der Waals surface area contributed by atoms with E-state index in [1.54, 1.807) is 0 Å². The molecule has 1 atom stereocenters. The van der Waals surface area contributed by atoms with Crippen LogP contribution in [0.2, 0.25) is 0 Å². The van der Waals surface area contributed by atoms with Crippen molar-refractivity contribution in [3.8, 4) is 0 Å². The summed E-state index contributed by atoms with van der Waals surface area (Å²) in [6, 6.07) is 31.7. The Morgan fingerprint density at radius 3 is 2.08 bits per heavy atom. The zero-order valence-electron chi connectivity index (χ0n) is 21.7. The Bertz CT molecular complexity index is 1290. The van der Waals surface area contributed by atoms with E-state index < -0.39 is 0 Å². The Hall–Kier alpha value is -3.59. The van der Waals surface area contributed by atoms with E-state index in [4.69, 9.17) is 4.74 Å². The molecule has 4 aromatic carbocycles. The van der Waals surface area contributed by atoms with Gasteiger partial charge in [0.1, 0.15) is 0 Å². The third kappa shape index (κ3) is 6.75. The van der Waals surface area contributed by atoms with Gasteiger partial charge in [-0.05, 0) is 73.9 Å². The minimum atomic E-state index is -0.232. The minimum Gasteiger partial charge on any atom is -0.449 e. The van der Waals surface area contributed by atoms with Crippen LogP contribution in [0.3, 0.4) is 0 Å². The molecular weight excluding hydrogens is 442 g/mol. The van der Waals surface area contributed by atoms with Crippen molar-refractivity contribution in [3.63, 3.8) is 0 Å². The first-order valence-corrected chi connectivity index (χ1v) is 13.0. The van der Waals surface area contributed by atoms with Gasteiger partial charge in [0.15, 0.2) is 0 Å². The molecule has 0 spiro atoms. The molecule has 0 aromatic heterocycles. The summed E-state index contributed by atoms with van der Waals surface area (Å²) in [6.45, 7) is 7.40. The number of carbonyl (C=O) groups excluding carboxylic acids is 1. The molecule has 0 aliphatic carbocycles. The molecular formula is C33H37NO2. The normalized spacial score (nSPS) is 11.9. The van der Waals surface area contributed by atoms with Gasteiger partial charge in [-0.15, -0.1) is 0 Å². The number of nitrogens with zero attached hydrogens (tertiary/aromatic N) is 1. The van der Waals surface area contributed by atoms with Crippen LogP contribution in [0.5, 0.6) is 0 Å². The van der Waals surface area contributed by atoms with Gasteiger partial charge in [-0.1, -0.05) is 102 Å². The average Bonchev–Trinajstić information content (AvgIpc) is 2.88. The van der Waals surface area contributed by atoms with Gasteiger partial charge >= 0.3 is 6.09 Å². The van der Waals surface area contributed by atoms with Gasteiger partial charge in [0.2, 0.25) is 0 Å². The number of hydrogen-bond acceptors (Lipinski definition) is 2. The van der Waals surface area contributed by atoms with Crippen LogP contribution in [-0.2, 0) is 17.6 Å². The van der Waals surface area contributed by atoms with Gasteiger partial charge in [0.05, 0.1) is 12.6 Å². The molecule has 4 aromatic rings. The summed E-state index contributed by atoms with van der Waals surface area (Å²) in [6.07, 6.45) is 3.30. The zero-order valence-corrected chi connectivity index (χ0v) is 21.7. The summed E-state index contributed by atoms with van der Waals surface area (Å²) in [4.78, 5) is 15.3. The van der Waals surface area contributed by atoms with E-state index in [9.17, 15) is 4.79 Å². The molecule has 0 heterocycles. The predicted molar refractivity (Wildman–Crippen MR) is 149 cm³/mol. The standard InChI is InChI=1S/C33H37NO2/c1-25-11-6-13-28(23-25)15-9-21-34(27(3)31-20-8-18-30-17-4-5-19-32(30)31)33(35)36-22-10-16-29-14-7-12-26(2)24-29/h4-8,11-14,17-20,23-24,27H,9-10,15-16,21-22H2,1-3H3/t27-/m0/s1. The fourth-order valence-corrected chi connectivity index (χ4v) is 4.93. The van der Waals surface area contributed by atoms with E-state index >= 15 is 0 Å². The number of ether oxygens (including phenoxy) is 1. The number of fused-ring (bicyclic) bond motifs is 1. The molecule has 3 nitrogen and oxygen atoms in total. The summed E-state index contributed by atoms with van der Waals surface area (Å²) >= 11 is 0. The Morgan fingerprint density at radius 1 is 0.778 bits per heavy atom. The SMILES string of the molecule is Cc1cccc(CCCOC(=O)N(CCCc2cccc(C)c2)[C@@H](C)c2cccc3ccccc23)c1. The van der Waals surface area contributed by atoms with Gasteiger partial charge in [0.25, 0.3) is 0 Å². The second kappa shape index (κ2) is 12.4. The summed E-state index contributed by atoms with van der Waals surface area (Å²) < 4.78 is 5.82. The number of rotatable bonds is 10. The van der Waals surface area contributed by atoms with Crippen LogP contribution in [0.1, 0.15) is 53.6 Å². The number of aryl methyl sites for hydroxylation is 4. The van der Waals surface area contributed by atoms with Crippen molar-refractivity contribution < 1.29 is 9.53 Å². The third-order valence-corrected chi connectivity index (χ3v) is 6.84. The lowest BCUT2D eigenvalue weighted by molar-refractivity contribution is 0.0874. The van der Waals surface area contributed by atoms with Crippen molar-refractivity contribution in [1.29, 1.82) is 0 Å². The van der Waals surface area contributed by atoms with Crippen LogP contribution in [0.4, 0.5) is 4.79 Å². The highest BCUT2D eigenvalue weighted by Gasteiger charge is 2.24. The monoisotopic (exact) mass is 479 g/mol.